The van der Waals surface area contributed by atoms with Gasteiger partial charge in [0.2, 0.25) is 0 Å². The van der Waals surface area contributed by atoms with Gasteiger partial charge in [0, 0.05) is 5.70 Å². The Morgan fingerprint density at radius 3 is 2.43 bits per heavy atom. The number of rotatable bonds is 2. The van der Waals surface area contributed by atoms with Crippen molar-refractivity contribution in [2.75, 3.05) is 0 Å². The van der Waals surface area contributed by atoms with Gasteiger partial charge in [-0.15, -0.1) is 0 Å². The van der Waals surface area contributed by atoms with Crippen LogP contribution in [0.5, 0.6) is 0 Å². The van der Waals surface area contributed by atoms with E-state index >= 15 is 0 Å². The van der Waals surface area contributed by atoms with Crippen molar-refractivity contribution in [3.05, 3.63) is 17.5 Å². The van der Waals surface area contributed by atoms with Gasteiger partial charge in [-0.1, -0.05) is 13.5 Å². The number of hydrogen-bond donors (Lipinski definition) is 1. The molecule has 3 heteroatoms. The fraction of sp³-hybridized carbons (Fsp3) is 0.500. The molecule has 0 radical (unpaired) electrons. The van der Waals surface area contributed by atoms with Gasteiger partial charge in [-0.3, -0.25) is 5.84 Å². The van der Waals surface area contributed by atoms with E-state index in [2.05, 4.69) is 6.58 Å². The second kappa shape index (κ2) is 2.60. The first kappa shape index (κ1) is 6.46. The molecule has 0 spiro atoms. The maximum absolute atomic E-state index is 9.97. The molecule has 0 heterocycles. The summed E-state index contributed by atoms with van der Waals surface area (Å²) in [5.74, 6) is 4.72. The third kappa shape index (κ3) is 2.19. The van der Waals surface area contributed by atoms with Gasteiger partial charge in [0.15, 0.2) is 0 Å². The van der Waals surface area contributed by atoms with Crippen LogP contribution in [0.4, 0.5) is 0 Å². The molecular formula is C4H9N2O-. The van der Waals surface area contributed by atoms with Crippen LogP contribution in [-0.4, -0.2) is 5.17 Å². The quantitative estimate of drug-likeness (QED) is 0.409. The third-order valence-electron chi connectivity index (χ3n) is 0.720. The van der Waals surface area contributed by atoms with Gasteiger partial charge in [-0.25, -0.2) is 0 Å². The Balaban J connectivity index is 3.35. The monoisotopic (exact) mass is 101 g/mol. The van der Waals surface area contributed by atoms with Gasteiger partial charge in [0.1, 0.15) is 0 Å². The lowest BCUT2D eigenvalue weighted by atomic mass is 10.4. The predicted molar refractivity (Wildman–Crippen MR) is 28.8 cm³/mol. The maximum Gasteiger partial charge on any atom is 0.00934 e. The molecule has 0 amide bonds. The Morgan fingerprint density at radius 1 is 2.00 bits per heavy atom. The van der Waals surface area contributed by atoms with Crippen LogP contribution in [0.3, 0.4) is 0 Å². The van der Waals surface area contributed by atoms with E-state index in [1.165, 1.54) is 0 Å². The fourth-order valence-corrected chi connectivity index (χ4v) is 0.156. The summed E-state index contributed by atoms with van der Waals surface area (Å²) in [4.78, 5) is 0. The standard InChI is InChI=1S/C4H9N2O/c1-3-4(2)6(5)7/h2-3,5H2,1H3/q-1. The topological polar surface area (TPSA) is 52.3 Å². The van der Waals surface area contributed by atoms with Crippen LogP contribution in [-0.2, 0) is 0 Å². The minimum atomic E-state index is 0.278. The van der Waals surface area contributed by atoms with Crippen molar-refractivity contribution in [3.63, 3.8) is 0 Å². The lowest BCUT2D eigenvalue weighted by Gasteiger charge is -2.24. The highest BCUT2D eigenvalue weighted by molar-refractivity contribution is 4.89. The van der Waals surface area contributed by atoms with Gasteiger partial charge in [0.25, 0.3) is 0 Å². The van der Waals surface area contributed by atoms with Gasteiger partial charge < -0.3 is 10.4 Å². The summed E-state index contributed by atoms with van der Waals surface area (Å²) in [5.41, 5.74) is 0.403. The van der Waals surface area contributed by atoms with E-state index < -0.39 is 0 Å². The van der Waals surface area contributed by atoms with Crippen molar-refractivity contribution in [1.82, 2.24) is 5.17 Å². The van der Waals surface area contributed by atoms with Crippen LogP contribution in [0.15, 0.2) is 12.3 Å². The normalized spacial score (nSPS) is 8.43. The molecule has 42 valence electrons. The molecule has 0 aromatic rings. The second-order valence-corrected chi connectivity index (χ2v) is 1.25. The summed E-state index contributed by atoms with van der Waals surface area (Å²) in [6.07, 6.45) is 0.611. The SMILES string of the molecule is C=C(CC)N(N)[O-]. The van der Waals surface area contributed by atoms with E-state index in [0.717, 1.165) is 0 Å². The molecule has 0 rings (SSSR count). The molecule has 0 aliphatic rings. The van der Waals surface area contributed by atoms with Crippen molar-refractivity contribution in [2.24, 2.45) is 5.84 Å². The first-order chi connectivity index (χ1) is 3.18. The average Bonchev–Trinajstić information content (AvgIpc) is 1.65. The highest BCUT2D eigenvalue weighted by Gasteiger charge is 1.81. The zero-order valence-electron chi connectivity index (χ0n) is 4.35. The number of hydrogen-bond acceptors (Lipinski definition) is 3. The van der Waals surface area contributed by atoms with Crippen LogP contribution >= 0.6 is 0 Å². The highest BCUT2D eigenvalue weighted by Crippen LogP contribution is 1.95. The third-order valence-corrected chi connectivity index (χ3v) is 0.720. The van der Waals surface area contributed by atoms with Crippen LogP contribution in [0.25, 0.3) is 0 Å². The molecule has 2 N–H and O–H groups in total. The van der Waals surface area contributed by atoms with E-state index in [4.69, 9.17) is 5.84 Å². The predicted octanol–water partition coefficient (Wildman–Crippen LogP) is 0.584. The molecule has 0 aromatic heterocycles. The van der Waals surface area contributed by atoms with Gasteiger partial charge in [0.05, 0.1) is 0 Å². The van der Waals surface area contributed by atoms with Crippen molar-refractivity contribution >= 4 is 0 Å². The molecule has 0 saturated heterocycles. The average molecular weight is 101 g/mol. The zero-order chi connectivity index (χ0) is 5.86. The van der Waals surface area contributed by atoms with Gasteiger partial charge in [-0.05, 0) is 6.42 Å². The van der Waals surface area contributed by atoms with Crippen LogP contribution in [0.1, 0.15) is 13.3 Å². The molecular weight excluding hydrogens is 92.1 g/mol. The van der Waals surface area contributed by atoms with Crippen LogP contribution < -0.4 is 5.84 Å². The Kier molecular flexibility index (Phi) is 2.40. The van der Waals surface area contributed by atoms with Crippen molar-refractivity contribution in [1.29, 1.82) is 0 Å². The van der Waals surface area contributed by atoms with E-state index in [1.54, 1.807) is 0 Å². The second-order valence-electron chi connectivity index (χ2n) is 1.25. The smallest absolute Gasteiger partial charge is 0.00934 e. The first-order valence-electron chi connectivity index (χ1n) is 2.08. The number of hydroxylamine groups is 1. The maximum atomic E-state index is 9.97. The van der Waals surface area contributed by atoms with Crippen LogP contribution in [0.2, 0.25) is 0 Å². The minimum absolute atomic E-state index is 0.278. The molecule has 0 fully saturated rings. The van der Waals surface area contributed by atoms with E-state index in [-0.39, 0.29) is 5.17 Å². The summed E-state index contributed by atoms with van der Waals surface area (Å²) in [7, 11) is 0. The molecule has 0 atom stereocenters. The van der Waals surface area contributed by atoms with E-state index in [9.17, 15) is 5.21 Å². The molecule has 0 bridgehead atoms. The fourth-order valence-electron chi connectivity index (χ4n) is 0.156. The summed E-state index contributed by atoms with van der Waals surface area (Å²) in [5, 5.41) is 10.2. The molecule has 0 aliphatic carbocycles. The molecule has 0 aromatic carbocycles. The lowest BCUT2D eigenvalue weighted by molar-refractivity contribution is 0.481. The van der Waals surface area contributed by atoms with Crippen molar-refractivity contribution in [2.45, 2.75) is 13.3 Å². The molecule has 0 aliphatic heterocycles. The molecule has 3 nitrogen and oxygen atoms in total. The summed E-state index contributed by atoms with van der Waals surface area (Å²) in [6.45, 7) is 5.18. The van der Waals surface area contributed by atoms with E-state index in [0.29, 0.717) is 12.1 Å². The lowest BCUT2D eigenvalue weighted by Crippen LogP contribution is -2.21. The molecule has 7 heavy (non-hydrogen) atoms. The Labute approximate surface area is 43.0 Å². The van der Waals surface area contributed by atoms with Gasteiger partial charge >= 0.3 is 0 Å². The number of nitrogens with two attached hydrogens (primary N) is 1. The van der Waals surface area contributed by atoms with E-state index in [1.807, 2.05) is 6.92 Å². The molecule has 0 saturated carbocycles. The zero-order valence-corrected chi connectivity index (χ0v) is 4.35. The number of nitrogens with zero attached hydrogens (tertiary/aromatic N) is 1. The number of allylic oxidation sites excluding steroid dienone is 1. The highest BCUT2D eigenvalue weighted by atomic mass is 16.5. The molecule has 0 unspecified atom stereocenters. The Bertz CT molecular complexity index is 70.1. The summed E-state index contributed by atoms with van der Waals surface area (Å²) in [6, 6.07) is 0. The summed E-state index contributed by atoms with van der Waals surface area (Å²) >= 11 is 0. The van der Waals surface area contributed by atoms with Crippen molar-refractivity contribution < 1.29 is 0 Å². The summed E-state index contributed by atoms with van der Waals surface area (Å²) < 4.78 is 0. The Morgan fingerprint density at radius 2 is 2.43 bits per heavy atom. The number of hydrazine groups is 1. The van der Waals surface area contributed by atoms with Gasteiger partial charge in [-0.2, -0.15) is 0 Å². The Hall–Kier alpha value is -0.540. The first-order valence-corrected chi connectivity index (χ1v) is 2.08. The van der Waals surface area contributed by atoms with Crippen molar-refractivity contribution in [3.8, 4) is 0 Å². The largest absolute Gasteiger partial charge is 0.744 e. The van der Waals surface area contributed by atoms with Crippen LogP contribution in [0, 0.1) is 5.21 Å². The minimum Gasteiger partial charge on any atom is -0.744 e.